The predicted molar refractivity (Wildman–Crippen MR) is 419 cm³/mol. The van der Waals surface area contributed by atoms with Crippen molar-refractivity contribution in [1.29, 1.82) is 0 Å². The number of hydrogen-bond acceptors (Lipinski definition) is 21. The Morgan fingerprint density at radius 1 is 0.304 bits per heavy atom. The summed E-state index contributed by atoms with van der Waals surface area (Å²) in [6.45, 7) is 13.0. The lowest BCUT2D eigenvalue weighted by Gasteiger charge is -2.24. The van der Waals surface area contributed by atoms with E-state index in [1.807, 2.05) is 133 Å². The second-order valence-corrected chi connectivity index (χ2v) is 25.4. The maximum Gasteiger partial charge on any atom is 0.291 e. The molecule has 5 atom stereocenters. The first-order valence-corrected chi connectivity index (χ1v) is 35.4. The first-order chi connectivity index (χ1) is 54.1. The molecule has 0 aromatic heterocycles. The van der Waals surface area contributed by atoms with Crippen LogP contribution in [0.25, 0.3) is 30.4 Å². The summed E-state index contributed by atoms with van der Waals surface area (Å²) >= 11 is 0. The van der Waals surface area contributed by atoms with Gasteiger partial charge in [-0.3, -0.25) is 50.6 Å². The zero-order valence-corrected chi connectivity index (χ0v) is 62.0. The van der Waals surface area contributed by atoms with Crippen LogP contribution in [-0.2, 0) is 0 Å². The third-order valence-electron chi connectivity index (χ3n) is 17.9. The monoisotopic (exact) mass is 1520 g/mol. The number of phenols is 1. The standard InChI is InChI=1S/C18H17NO5.C18H17NO4.2C17H15NO4.C16H13NO4/c1-3-23-16-6-4-5-13-11-15(19(20)21)17(24-18(13)16)12-7-9-14(22-2)10-8-12;1-3-22-16-6-4-5-14-11-15(19(20)21)17(23-18(14)16)13-9-7-12(2)8-10-13;1-11-6-8-12(9-7-11)16-14(18(19)20)10-13-4-3-5-15(21-2)17(13)22-16;1-2-21-15-10-6-9-13-11-14(18(19)20)16(22-17(13)15)12-7-4-3-5-8-12;1-10-5-7-11(8-6-10)15-13(17(19)20)9-12-3-2-4-14(18)16(12)21-15/h4-11,17H,3H2,1-2H3;4-11,17H,3H2,1-2H3;3-10,16H,1-2H3;3-11,16H,2H2,1H3;2-9,15,18H,1H3. The van der Waals surface area contributed by atoms with Crippen molar-refractivity contribution >= 4 is 30.4 Å². The van der Waals surface area contributed by atoms with Gasteiger partial charge < -0.3 is 52.5 Å². The van der Waals surface area contributed by atoms with Crippen LogP contribution >= 0.6 is 0 Å². The molecule has 5 heterocycles. The molecule has 0 aliphatic carbocycles. The van der Waals surface area contributed by atoms with Crippen molar-refractivity contribution in [2.75, 3.05) is 34.0 Å². The molecule has 0 amide bonds. The molecular weight excluding hydrogens is 1440 g/mol. The van der Waals surface area contributed by atoms with Crippen LogP contribution in [0.1, 0.15) is 124 Å². The molecule has 15 rings (SSSR count). The van der Waals surface area contributed by atoms with Gasteiger partial charge in [0.25, 0.3) is 28.5 Å². The Kier molecular flexibility index (Phi) is 25.4. The van der Waals surface area contributed by atoms with Crippen LogP contribution in [-0.4, -0.2) is 63.8 Å². The molecule has 5 aliphatic rings. The summed E-state index contributed by atoms with van der Waals surface area (Å²) in [5, 5.41) is 66.9. The molecular formula is C86H77N5O21. The van der Waals surface area contributed by atoms with Gasteiger partial charge in [-0.2, -0.15) is 0 Å². The van der Waals surface area contributed by atoms with Crippen molar-refractivity contribution in [2.45, 2.75) is 72.1 Å². The first-order valence-electron chi connectivity index (χ1n) is 35.4. The van der Waals surface area contributed by atoms with Crippen molar-refractivity contribution in [1.82, 2.24) is 0 Å². The molecule has 0 spiro atoms. The lowest BCUT2D eigenvalue weighted by atomic mass is 10.00. The number of benzene rings is 10. The Morgan fingerprint density at radius 3 is 0.830 bits per heavy atom. The molecule has 0 saturated carbocycles. The van der Waals surface area contributed by atoms with Crippen LogP contribution in [0.15, 0.2) is 247 Å². The van der Waals surface area contributed by atoms with Crippen molar-refractivity contribution in [3.8, 4) is 63.2 Å². The second-order valence-electron chi connectivity index (χ2n) is 25.4. The average molecular weight is 1520 g/mol. The van der Waals surface area contributed by atoms with Crippen LogP contribution in [0.4, 0.5) is 0 Å². The highest BCUT2D eigenvalue weighted by Crippen LogP contribution is 2.48. The summed E-state index contributed by atoms with van der Waals surface area (Å²) in [5.41, 5.74) is 9.93. The van der Waals surface area contributed by atoms with E-state index in [4.69, 9.17) is 47.4 Å². The van der Waals surface area contributed by atoms with Gasteiger partial charge in [0.1, 0.15) is 5.75 Å². The van der Waals surface area contributed by atoms with Crippen LogP contribution in [0, 0.1) is 71.3 Å². The molecule has 10 aromatic rings. The highest BCUT2D eigenvalue weighted by Gasteiger charge is 2.40. The van der Waals surface area contributed by atoms with Gasteiger partial charge in [0.05, 0.1) is 58.7 Å². The lowest BCUT2D eigenvalue weighted by Crippen LogP contribution is -2.20. The van der Waals surface area contributed by atoms with E-state index < -0.39 is 50.2 Å². The number of para-hydroxylation sites is 5. The summed E-state index contributed by atoms with van der Waals surface area (Å²) in [6, 6.07) is 64.8. The van der Waals surface area contributed by atoms with E-state index >= 15 is 0 Å². The number of phenolic OH excluding ortho intramolecular Hbond substituents is 1. The zero-order chi connectivity index (χ0) is 79.7. The molecule has 0 radical (unpaired) electrons. The van der Waals surface area contributed by atoms with Crippen LogP contribution < -0.4 is 47.4 Å². The van der Waals surface area contributed by atoms with E-state index in [-0.39, 0.29) is 44.9 Å². The topological polar surface area (TPSA) is 328 Å². The number of nitro groups is 5. The Hall–Kier alpha value is -14.3. The Labute approximate surface area is 643 Å². The van der Waals surface area contributed by atoms with Crippen molar-refractivity contribution in [3.05, 3.63) is 370 Å². The summed E-state index contributed by atoms with van der Waals surface area (Å²) in [4.78, 5) is 55.0. The molecule has 26 nitrogen and oxygen atoms in total. The number of rotatable bonds is 18. The normalized spacial score (nSPS) is 16.2. The first kappa shape index (κ1) is 78.8. The smallest absolute Gasteiger partial charge is 0.291 e. The summed E-state index contributed by atoms with van der Waals surface area (Å²) in [5.74, 6) is 5.40. The fourth-order valence-corrected chi connectivity index (χ4v) is 12.5. The van der Waals surface area contributed by atoms with Gasteiger partial charge in [-0.05, 0) is 84.0 Å². The van der Waals surface area contributed by atoms with Gasteiger partial charge in [0, 0.05) is 86.0 Å². The quantitative estimate of drug-likeness (QED) is 0.0616. The summed E-state index contributed by atoms with van der Waals surface area (Å²) in [6.07, 6.45) is 3.77. The van der Waals surface area contributed by atoms with Gasteiger partial charge in [-0.25, -0.2) is 0 Å². The SMILES string of the molecule is CCOc1cccc2c1OC(c1ccc(C)cc1)C([N+](=O)[O-])=C2.CCOc1cccc2c1OC(c1ccc(OC)cc1)C([N+](=O)[O-])=C2.CCOc1cccc2c1OC(c1ccccc1)C([N+](=O)[O-])=C2.COc1cccc2c1OC(c1ccc(C)cc1)C([N+](=O)[O-])=C2.Cc1ccc(C2Oc3c(O)cccc3C=C2[N+](=O)[O-])cc1. The molecule has 0 saturated heterocycles. The minimum Gasteiger partial charge on any atom is -0.504 e. The fraction of sp³-hybridized carbons (Fsp3) is 0.186. The average Bonchev–Trinajstić information content (AvgIpc) is 0.801. The van der Waals surface area contributed by atoms with E-state index in [2.05, 4.69) is 0 Å². The van der Waals surface area contributed by atoms with Crippen LogP contribution in [0.2, 0.25) is 0 Å². The third-order valence-corrected chi connectivity index (χ3v) is 17.9. The Bertz CT molecular complexity index is 5280. The van der Waals surface area contributed by atoms with Crippen LogP contribution in [0.5, 0.6) is 63.2 Å². The van der Waals surface area contributed by atoms with Crippen molar-refractivity contribution in [3.63, 3.8) is 0 Å². The number of aryl methyl sites for hydroxylation is 3. The summed E-state index contributed by atoms with van der Waals surface area (Å²) in [7, 11) is 3.12. The van der Waals surface area contributed by atoms with Crippen molar-refractivity contribution < 1.29 is 77.1 Å². The highest BCUT2D eigenvalue weighted by molar-refractivity contribution is 5.71. The van der Waals surface area contributed by atoms with Gasteiger partial charge in [-0.1, -0.05) is 193 Å². The van der Waals surface area contributed by atoms with E-state index in [1.165, 1.54) is 18.2 Å². The number of methoxy groups -OCH3 is 2. The van der Waals surface area contributed by atoms with Gasteiger partial charge in [-0.15, -0.1) is 0 Å². The largest absolute Gasteiger partial charge is 0.504 e. The maximum absolute atomic E-state index is 11.5. The molecule has 5 aliphatic heterocycles. The lowest BCUT2D eigenvalue weighted by molar-refractivity contribution is -0.434. The molecule has 572 valence electrons. The molecule has 5 unspecified atom stereocenters. The van der Waals surface area contributed by atoms with E-state index in [1.54, 1.807) is 154 Å². The number of nitrogens with zero attached hydrogens (tertiary/aromatic N) is 5. The molecule has 26 heteroatoms. The number of hydrogen-bond donors (Lipinski definition) is 1. The fourth-order valence-electron chi connectivity index (χ4n) is 12.5. The van der Waals surface area contributed by atoms with Crippen LogP contribution in [0.3, 0.4) is 0 Å². The minimum atomic E-state index is -0.832. The van der Waals surface area contributed by atoms with Gasteiger partial charge in [0.2, 0.25) is 30.5 Å². The Balaban J connectivity index is 0.000000139. The number of ether oxygens (including phenoxy) is 10. The van der Waals surface area contributed by atoms with E-state index in [0.717, 1.165) is 33.4 Å². The van der Waals surface area contributed by atoms with E-state index in [9.17, 15) is 55.7 Å². The predicted octanol–water partition coefficient (Wildman–Crippen LogP) is 19.0. The second kappa shape index (κ2) is 36.1. The molecule has 0 fully saturated rings. The summed E-state index contributed by atoms with van der Waals surface area (Å²) < 4.78 is 56.6. The zero-order valence-electron chi connectivity index (χ0n) is 62.0. The maximum atomic E-state index is 11.5. The molecule has 10 aromatic carbocycles. The molecule has 112 heavy (non-hydrogen) atoms. The van der Waals surface area contributed by atoms with Gasteiger partial charge >= 0.3 is 0 Å². The van der Waals surface area contributed by atoms with Gasteiger partial charge in [0.15, 0.2) is 57.5 Å². The van der Waals surface area contributed by atoms with Crippen molar-refractivity contribution in [2.24, 2.45) is 0 Å². The van der Waals surface area contributed by atoms with E-state index in [0.29, 0.717) is 111 Å². The highest BCUT2D eigenvalue weighted by atomic mass is 16.7. The molecule has 0 bridgehead atoms. The molecule has 1 N–H and O–H groups in total. The third kappa shape index (κ3) is 18.3. The minimum absolute atomic E-state index is 0.0127. The number of fused-ring (bicyclic) bond motifs is 5. The number of aromatic hydroxyl groups is 1. The Morgan fingerprint density at radius 2 is 0.554 bits per heavy atom.